The lowest BCUT2D eigenvalue weighted by atomic mass is 10.1. The molecule has 0 aromatic heterocycles. The van der Waals surface area contributed by atoms with Crippen LogP contribution in [0.1, 0.15) is 15.9 Å². The molecule has 1 rings (SSSR count). The average Bonchev–Trinajstić information content (AvgIpc) is 2.20. The standard InChI is InChI=1S/C11H10ClF3O2/c1-7-2-3-8(4-9(7)12)10(16)5-17-6-11(13,14)15/h2-4H,5-6H2,1H3. The molecule has 0 amide bonds. The minimum Gasteiger partial charge on any atom is -0.364 e. The van der Waals surface area contributed by atoms with Gasteiger partial charge in [0.25, 0.3) is 0 Å². The molecular weight excluding hydrogens is 257 g/mol. The van der Waals surface area contributed by atoms with Crippen molar-refractivity contribution in [3.05, 3.63) is 34.3 Å². The van der Waals surface area contributed by atoms with Gasteiger partial charge in [-0.1, -0.05) is 23.7 Å². The summed E-state index contributed by atoms with van der Waals surface area (Å²) in [6.45, 7) is -0.284. The molecular formula is C11H10ClF3O2. The summed E-state index contributed by atoms with van der Waals surface area (Å²) in [7, 11) is 0. The van der Waals surface area contributed by atoms with Gasteiger partial charge in [0.15, 0.2) is 5.78 Å². The van der Waals surface area contributed by atoms with Gasteiger partial charge in [0.05, 0.1) is 0 Å². The van der Waals surface area contributed by atoms with Gasteiger partial charge < -0.3 is 4.74 Å². The summed E-state index contributed by atoms with van der Waals surface area (Å²) in [5, 5.41) is 0.395. The Morgan fingerprint density at radius 1 is 1.41 bits per heavy atom. The van der Waals surface area contributed by atoms with Crippen molar-refractivity contribution in [2.45, 2.75) is 13.1 Å². The highest BCUT2D eigenvalue weighted by molar-refractivity contribution is 6.31. The number of rotatable bonds is 4. The molecule has 0 atom stereocenters. The summed E-state index contributed by atoms with van der Waals surface area (Å²) in [6, 6.07) is 4.54. The second-order valence-electron chi connectivity index (χ2n) is 3.50. The van der Waals surface area contributed by atoms with Gasteiger partial charge in [-0.05, 0) is 18.6 Å². The van der Waals surface area contributed by atoms with Crippen LogP contribution in [0.3, 0.4) is 0 Å². The third kappa shape index (κ3) is 4.75. The largest absolute Gasteiger partial charge is 0.411 e. The first-order valence-electron chi connectivity index (χ1n) is 4.73. The fourth-order valence-electron chi connectivity index (χ4n) is 1.11. The van der Waals surface area contributed by atoms with Crippen molar-refractivity contribution >= 4 is 17.4 Å². The van der Waals surface area contributed by atoms with E-state index in [1.807, 2.05) is 0 Å². The number of ketones is 1. The van der Waals surface area contributed by atoms with E-state index < -0.39 is 25.2 Å². The van der Waals surface area contributed by atoms with Gasteiger partial charge >= 0.3 is 6.18 Å². The molecule has 0 unspecified atom stereocenters. The van der Waals surface area contributed by atoms with Crippen molar-refractivity contribution < 1.29 is 22.7 Å². The van der Waals surface area contributed by atoms with E-state index in [9.17, 15) is 18.0 Å². The highest BCUT2D eigenvalue weighted by atomic mass is 35.5. The Morgan fingerprint density at radius 3 is 2.59 bits per heavy atom. The number of alkyl halides is 3. The van der Waals surface area contributed by atoms with E-state index in [-0.39, 0.29) is 5.56 Å². The highest BCUT2D eigenvalue weighted by Gasteiger charge is 2.27. The van der Waals surface area contributed by atoms with Crippen LogP contribution >= 0.6 is 11.6 Å². The number of hydrogen-bond donors (Lipinski definition) is 0. The molecule has 6 heteroatoms. The second-order valence-corrected chi connectivity index (χ2v) is 3.90. The molecule has 17 heavy (non-hydrogen) atoms. The van der Waals surface area contributed by atoms with Crippen LogP contribution in [0.5, 0.6) is 0 Å². The van der Waals surface area contributed by atoms with Crippen molar-refractivity contribution in [3.63, 3.8) is 0 Å². The van der Waals surface area contributed by atoms with Gasteiger partial charge in [0, 0.05) is 10.6 Å². The van der Waals surface area contributed by atoms with Gasteiger partial charge in [0.2, 0.25) is 0 Å². The van der Waals surface area contributed by atoms with Gasteiger partial charge in [-0.15, -0.1) is 0 Å². The number of aryl methyl sites for hydroxylation is 1. The maximum Gasteiger partial charge on any atom is 0.411 e. The zero-order chi connectivity index (χ0) is 13.1. The summed E-state index contributed by atoms with van der Waals surface area (Å²) in [4.78, 5) is 11.4. The number of Topliss-reactive ketones (excluding diaryl/α,β-unsaturated/α-hetero) is 1. The van der Waals surface area contributed by atoms with Crippen molar-refractivity contribution in [2.75, 3.05) is 13.2 Å². The first-order chi connectivity index (χ1) is 7.79. The molecule has 0 N–H and O–H groups in total. The van der Waals surface area contributed by atoms with Crippen LogP contribution < -0.4 is 0 Å². The van der Waals surface area contributed by atoms with Crippen LogP contribution in [0.25, 0.3) is 0 Å². The van der Waals surface area contributed by atoms with Crippen LogP contribution in [-0.4, -0.2) is 25.2 Å². The third-order valence-electron chi connectivity index (χ3n) is 1.99. The molecule has 94 valence electrons. The van der Waals surface area contributed by atoms with Crippen LogP contribution in [0.2, 0.25) is 5.02 Å². The molecule has 1 aromatic rings. The summed E-state index contributed by atoms with van der Waals surface area (Å²) in [6.07, 6.45) is -4.43. The summed E-state index contributed by atoms with van der Waals surface area (Å²) in [5.74, 6) is -0.531. The van der Waals surface area contributed by atoms with E-state index in [0.717, 1.165) is 5.56 Å². The predicted octanol–water partition coefficient (Wildman–Crippen LogP) is 3.41. The lowest BCUT2D eigenvalue weighted by molar-refractivity contribution is -0.170. The number of halogens is 4. The molecule has 0 saturated heterocycles. The molecule has 1 aromatic carbocycles. The molecule has 0 aliphatic carbocycles. The van der Waals surface area contributed by atoms with Gasteiger partial charge in [-0.3, -0.25) is 4.79 Å². The normalized spacial score (nSPS) is 11.6. The maximum atomic E-state index is 11.8. The van der Waals surface area contributed by atoms with Crippen molar-refractivity contribution in [1.82, 2.24) is 0 Å². The fraction of sp³-hybridized carbons (Fsp3) is 0.364. The molecule has 0 fully saturated rings. The van der Waals surface area contributed by atoms with Crippen molar-refractivity contribution in [1.29, 1.82) is 0 Å². The fourth-order valence-corrected chi connectivity index (χ4v) is 1.29. The summed E-state index contributed by atoms with van der Waals surface area (Å²) < 4.78 is 39.6. The Balaban J connectivity index is 2.56. The smallest absolute Gasteiger partial charge is 0.364 e. The summed E-state index contributed by atoms with van der Waals surface area (Å²) >= 11 is 5.79. The minimum atomic E-state index is -4.43. The van der Waals surface area contributed by atoms with E-state index in [1.165, 1.54) is 12.1 Å². The van der Waals surface area contributed by atoms with E-state index in [4.69, 9.17) is 11.6 Å². The Bertz CT molecular complexity index is 416. The number of hydrogen-bond acceptors (Lipinski definition) is 2. The third-order valence-corrected chi connectivity index (χ3v) is 2.40. The number of benzene rings is 1. The predicted molar refractivity (Wildman–Crippen MR) is 57.4 cm³/mol. The molecule has 0 aliphatic heterocycles. The monoisotopic (exact) mass is 266 g/mol. The number of ether oxygens (including phenoxy) is 1. The average molecular weight is 267 g/mol. The van der Waals surface area contributed by atoms with E-state index in [1.54, 1.807) is 13.0 Å². The SMILES string of the molecule is Cc1ccc(C(=O)COCC(F)(F)F)cc1Cl. The molecule has 2 nitrogen and oxygen atoms in total. The molecule has 0 radical (unpaired) electrons. The van der Waals surface area contributed by atoms with E-state index in [2.05, 4.69) is 4.74 Å². The van der Waals surface area contributed by atoms with Crippen molar-refractivity contribution in [2.24, 2.45) is 0 Å². The minimum absolute atomic E-state index is 0.239. The lowest BCUT2D eigenvalue weighted by Crippen LogP contribution is -2.20. The zero-order valence-electron chi connectivity index (χ0n) is 8.97. The lowest BCUT2D eigenvalue weighted by Gasteiger charge is -2.07. The van der Waals surface area contributed by atoms with E-state index >= 15 is 0 Å². The topological polar surface area (TPSA) is 26.3 Å². The van der Waals surface area contributed by atoms with Crippen molar-refractivity contribution in [3.8, 4) is 0 Å². The summed E-state index contributed by atoms with van der Waals surface area (Å²) in [5.41, 5.74) is 1.03. The highest BCUT2D eigenvalue weighted by Crippen LogP contribution is 2.18. The van der Waals surface area contributed by atoms with Crippen LogP contribution in [0.15, 0.2) is 18.2 Å². The van der Waals surface area contributed by atoms with Crippen LogP contribution in [0, 0.1) is 6.92 Å². The first-order valence-corrected chi connectivity index (χ1v) is 5.11. The number of carbonyl (C=O) groups is 1. The Kier molecular flexibility index (Phi) is 4.54. The Labute approximate surface area is 101 Å². The van der Waals surface area contributed by atoms with E-state index in [0.29, 0.717) is 5.02 Å². The number of carbonyl (C=O) groups excluding carboxylic acids is 1. The van der Waals surface area contributed by atoms with Gasteiger partial charge in [0.1, 0.15) is 13.2 Å². The van der Waals surface area contributed by atoms with Gasteiger partial charge in [-0.25, -0.2) is 0 Å². The molecule has 0 heterocycles. The van der Waals surface area contributed by atoms with Crippen LogP contribution in [0.4, 0.5) is 13.2 Å². The first kappa shape index (κ1) is 14.0. The molecule has 0 saturated carbocycles. The second kappa shape index (κ2) is 5.51. The zero-order valence-corrected chi connectivity index (χ0v) is 9.73. The van der Waals surface area contributed by atoms with Gasteiger partial charge in [-0.2, -0.15) is 13.2 Å². The maximum absolute atomic E-state index is 11.8. The molecule has 0 aliphatic rings. The molecule has 0 bridgehead atoms. The Hall–Kier alpha value is -1.07. The van der Waals surface area contributed by atoms with Crippen LogP contribution in [-0.2, 0) is 4.74 Å². The molecule has 0 spiro atoms. The Morgan fingerprint density at radius 2 is 2.06 bits per heavy atom. The quantitative estimate of drug-likeness (QED) is 0.781.